The summed E-state index contributed by atoms with van der Waals surface area (Å²) in [6, 6.07) is 16.3. The summed E-state index contributed by atoms with van der Waals surface area (Å²) >= 11 is 0. The topological polar surface area (TPSA) is 88.2 Å². The number of pyridine rings is 1. The number of nitrogens with zero attached hydrogens (tertiary/aromatic N) is 1. The summed E-state index contributed by atoms with van der Waals surface area (Å²) in [6.45, 7) is -1.47. The van der Waals surface area contributed by atoms with Gasteiger partial charge in [0.25, 0.3) is 5.91 Å². The highest BCUT2D eigenvalue weighted by Crippen LogP contribution is 2.24. The number of benzene rings is 2. The molecule has 0 fully saturated rings. The first-order valence-corrected chi connectivity index (χ1v) is 10.6. The van der Waals surface area contributed by atoms with Crippen LogP contribution in [0.5, 0.6) is 0 Å². The van der Waals surface area contributed by atoms with Gasteiger partial charge in [-0.2, -0.15) is 17.9 Å². The van der Waals surface area contributed by atoms with Gasteiger partial charge < -0.3 is 5.32 Å². The van der Waals surface area contributed by atoms with Crippen LogP contribution >= 0.6 is 0 Å². The molecule has 3 rings (SSSR count). The van der Waals surface area contributed by atoms with E-state index >= 15 is 0 Å². The normalized spacial score (nSPS) is 12.9. The summed E-state index contributed by atoms with van der Waals surface area (Å²) in [5.74, 6) is -0.951. The van der Waals surface area contributed by atoms with Crippen molar-refractivity contribution < 1.29 is 26.4 Å². The highest BCUT2D eigenvalue weighted by molar-refractivity contribution is 7.89. The molecule has 2 N–H and O–H groups in total. The number of nitrogens with one attached hydrogen (secondary N) is 2. The molecular weight excluding hydrogens is 431 g/mol. The van der Waals surface area contributed by atoms with Gasteiger partial charge in [0.05, 0.1) is 10.9 Å². The number of carbonyl (C=O) groups is 1. The molecule has 0 aliphatic carbocycles. The fourth-order valence-corrected chi connectivity index (χ4v) is 4.03. The molecular formula is C21H18F3N3O3S. The Kier molecular flexibility index (Phi) is 6.71. The van der Waals surface area contributed by atoms with Gasteiger partial charge in [-0.1, -0.05) is 30.3 Å². The fraction of sp³-hybridized carbons (Fsp3) is 0.143. The molecule has 0 radical (unpaired) electrons. The molecule has 0 saturated heterocycles. The lowest BCUT2D eigenvalue weighted by Crippen LogP contribution is -2.33. The molecule has 2 aromatic carbocycles. The van der Waals surface area contributed by atoms with Crippen LogP contribution in [0, 0.1) is 0 Å². The Hall–Kier alpha value is -3.24. The van der Waals surface area contributed by atoms with Crippen molar-refractivity contribution in [2.75, 3.05) is 6.54 Å². The molecule has 6 nitrogen and oxygen atoms in total. The van der Waals surface area contributed by atoms with E-state index < -0.39 is 34.7 Å². The predicted octanol–water partition coefficient (Wildman–Crippen LogP) is 3.44. The van der Waals surface area contributed by atoms with Crippen molar-refractivity contribution >= 4 is 15.9 Å². The highest BCUT2D eigenvalue weighted by atomic mass is 32.2. The third-order valence-corrected chi connectivity index (χ3v) is 5.76. The number of aromatic nitrogens is 1. The lowest BCUT2D eigenvalue weighted by molar-refractivity contribution is -0.123. The highest BCUT2D eigenvalue weighted by Gasteiger charge is 2.28. The predicted molar refractivity (Wildman–Crippen MR) is 108 cm³/mol. The van der Waals surface area contributed by atoms with E-state index in [0.717, 1.165) is 12.1 Å². The van der Waals surface area contributed by atoms with Gasteiger partial charge in [-0.05, 0) is 47.5 Å². The van der Waals surface area contributed by atoms with Crippen LogP contribution in [0.25, 0.3) is 0 Å². The van der Waals surface area contributed by atoms with E-state index in [-0.39, 0.29) is 10.5 Å². The number of rotatable bonds is 7. The Labute approximate surface area is 177 Å². The number of alkyl halides is 3. The first-order chi connectivity index (χ1) is 14.7. The second kappa shape index (κ2) is 9.27. The number of hydrogen-bond donors (Lipinski definition) is 2. The van der Waals surface area contributed by atoms with Crippen molar-refractivity contribution in [3.8, 4) is 0 Å². The second-order valence-electron chi connectivity index (χ2n) is 6.57. The van der Waals surface area contributed by atoms with Crippen LogP contribution in [-0.2, 0) is 10.0 Å². The summed E-state index contributed by atoms with van der Waals surface area (Å²) in [5, 5.41) is 1.74. The van der Waals surface area contributed by atoms with Gasteiger partial charge in [0.2, 0.25) is 10.0 Å². The Morgan fingerprint density at radius 2 is 1.48 bits per heavy atom. The molecule has 10 heteroatoms. The van der Waals surface area contributed by atoms with E-state index in [1.165, 1.54) is 12.1 Å². The monoisotopic (exact) mass is 449 g/mol. The zero-order valence-corrected chi connectivity index (χ0v) is 16.8. The van der Waals surface area contributed by atoms with Crippen molar-refractivity contribution in [2.45, 2.75) is 17.1 Å². The molecule has 0 bridgehead atoms. The number of carbonyl (C=O) groups excluding carboxylic acids is 1. The van der Waals surface area contributed by atoms with E-state index in [1.54, 1.807) is 54.1 Å². The van der Waals surface area contributed by atoms with Gasteiger partial charge in [-0.3, -0.25) is 9.78 Å². The molecule has 0 saturated carbocycles. The van der Waals surface area contributed by atoms with Gasteiger partial charge in [-0.15, -0.1) is 0 Å². The number of halogens is 3. The first kappa shape index (κ1) is 22.4. The second-order valence-corrected chi connectivity index (χ2v) is 8.28. The lowest BCUT2D eigenvalue weighted by Gasteiger charge is -2.20. The summed E-state index contributed by atoms with van der Waals surface area (Å²) in [6.07, 6.45) is -1.44. The van der Waals surface area contributed by atoms with Gasteiger partial charge in [0.15, 0.2) is 0 Å². The van der Waals surface area contributed by atoms with E-state index in [4.69, 9.17) is 0 Å². The molecule has 3 aromatic rings. The summed E-state index contributed by atoms with van der Waals surface area (Å²) in [5.41, 5.74) is 1.30. The maximum absolute atomic E-state index is 13.0. The Balaban J connectivity index is 1.82. The summed E-state index contributed by atoms with van der Waals surface area (Å²) in [7, 11) is -4.02. The van der Waals surface area contributed by atoms with E-state index in [0.29, 0.717) is 11.1 Å². The third-order valence-electron chi connectivity index (χ3n) is 4.32. The summed E-state index contributed by atoms with van der Waals surface area (Å²) in [4.78, 5) is 15.6. The molecule has 1 atom stereocenters. The molecule has 31 heavy (non-hydrogen) atoms. The number of sulfonamides is 1. The zero-order valence-electron chi connectivity index (χ0n) is 16.0. The Morgan fingerprint density at radius 1 is 0.903 bits per heavy atom. The molecule has 1 heterocycles. The molecule has 0 spiro atoms. The van der Waals surface area contributed by atoms with E-state index in [1.807, 2.05) is 6.07 Å². The quantitative estimate of drug-likeness (QED) is 0.579. The molecule has 0 aliphatic rings. The minimum atomic E-state index is -4.54. The minimum absolute atomic E-state index is 0.0862. The number of amides is 1. The average Bonchev–Trinajstić information content (AvgIpc) is 2.76. The molecule has 0 aliphatic heterocycles. The zero-order chi connectivity index (χ0) is 22.5. The number of hydrogen-bond acceptors (Lipinski definition) is 4. The van der Waals surface area contributed by atoms with Crippen LogP contribution in [0.4, 0.5) is 13.2 Å². The van der Waals surface area contributed by atoms with Crippen LogP contribution in [0.3, 0.4) is 0 Å². The van der Waals surface area contributed by atoms with E-state index in [9.17, 15) is 26.4 Å². The van der Waals surface area contributed by atoms with Crippen molar-refractivity contribution in [2.24, 2.45) is 0 Å². The maximum Gasteiger partial charge on any atom is 0.405 e. The molecule has 1 amide bonds. The van der Waals surface area contributed by atoms with Gasteiger partial charge >= 0.3 is 6.18 Å². The van der Waals surface area contributed by atoms with Crippen LogP contribution in [-0.4, -0.2) is 32.0 Å². The smallest absolute Gasteiger partial charge is 0.343 e. The van der Waals surface area contributed by atoms with Crippen LogP contribution in [0.15, 0.2) is 84.0 Å². The van der Waals surface area contributed by atoms with Gasteiger partial charge in [-0.25, -0.2) is 8.42 Å². The van der Waals surface area contributed by atoms with Crippen LogP contribution in [0.1, 0.15) is 27.5 Å². The molecule has 1 unspecified atom stereocenters. The van der Waals surface area contributed by atoms with Crippen LogP contribution in [0.2, 0.25) is 0 Å². The average molecular weight is 449 g/mol. The summed E-state index contributed by atoms with van der Waals surface area (Å²) < 4.78 is 65.3. The van der Waals surface area contributed by atoms with Crippen molar-refractivity contribution in [3.05, 3.63) is 95.8 Å². The van der Waals surface area contributed by atoms with Crippen LogP contribution < -0.4 is 10.0 Å². The van der Waals surface area contributed by atoms with Gasteiger partial charge in [0, 0.05) is 18.0 Å². The third kappa shape index (κ3) is 6.12. The largest absolute Gasteiger partial charge is 0.405 e. The SMILES string of the molecule is O=C(NCC(F)(F)F)c1ccc(S(=O)(=O)NC(c2ccccc2)c2ccncc2)cc1. The maximum atomic E-state index is 13.0. The molecule has 162 valence electrons. The van der Waals surface area contributed by atoms with E-state index in [2.05, 4.69) is 9.71 Å². The standard InChI is InChI=1S/C21H18F3N3O3S/c22-21(23,24)14-26-20(28)17-6-8-18(9-7-17)31(29,30)27-19(15-4-2-1-3-5-15)16-10-12-25-13-11-16/h1-13,19,27H,14H2,(H,26,28). The van der Waals surface area contributed by atoms with Crippen molar-refractivity contribution in [3.63, 3.8) is 0 Å². The van der Waals surface area contributed by atoms with Crippen molar-refractivity contribution in [1.29, 1.82) is 0 Å². The Bertz CT molecular complexity index is 1080. The van der Waals surface area contributed by atoms with Crippen molar-refractivity contribution in [1.82, 2.24) is 15.0 Å². The van der Waals surface area contributed by atoms with Gasteiger partial charge in [0.1, 0.15) is 6.54 Å². The fourth-order valence-electron chi connectivity index (χ4n) is 2.82. The first-order valence-electron chi connectivity index (χ1n) is 9.08. The lowest BCUT2D eigenvalue weighted by atomic mass is 10.0. The minimum Gasteiger partial charge on any atom is -0.343 e. The Morgan fingerprint density at radius 3 is 2.06 bits per heavy atom. The molecule has 1 aromatic heterocycles.